The normalized spacial score (nSPS) is 19.7. The minimum atomic E-state index is -3.50. The lowest BCUT2D eigenvalue weighted by molar-refractivity contribution is 0.408. The van der Waals surface area contributed by atoms with Gasteiger partial charge in [-0.3, -0.25) is 4.98 Å². The molecule has 0 saturated carbocycles. The lowest BCUT2D eigenvalue weighted by atomic mass is 9.95. The predicted octanol–water partition coefficient (Wildman–Crippen LogP) is 2.10. The first-order valence-corrected chi connectivity index (χ1v) is 10.4. The summed E-state index contributed by atoms with van der Waals surface area (Å²) in [6.07, 6.45) is 12.5. The Bertz CT molecular complexity index is 1010. The van der Waals surface area contributed by atoms with Crippen molar-refractivity contribution in [3.05, 3.63) is 48.9 Å². The molecular weight excluding hydrogens is 350 g/mol. The molecule has 1 unspecified atom stereocenters. The van der Waals surface area contributed by atoms with Crippen molar-refractivity contribution < 1.29 is 8.42 Å². The van der Waals surface area contributed by atoms with Crippen LogP contribution < -0.4 is 0 Å². The van der Waals surface area contributed by atoms with Gasteiger partial charge in [0.25, 0.3) is 10.0 Å². The van der Waals surface area contributed by atoms with Crippen LogP contribution in [0.15, 0.2) is 48.3 Å². The highest BCUT2D eigenvalue weighted by atomic mass is 32.2. The fraction of sp³-hybridized carbons (Fsp3) is 0.444. The molecule has 138 valence electrons. The van der Waals surface area contributed by atoms with E-state index in [1.54, 1.807) is 22.1 Å². The average molecular weight is 373 g/mol. The summed E-state index contributed by atoms with van der Waals surface area (Å²) in [4.78, 5) is 8.59. The smallest absolute Gasteiger partial charge is 0.262 e. The number of imidazole rings is 1. The van der Waals surface area contributed by atoms with Gasteiger partial charge in [-0.2, -0.15) is 4.31 Å². The van der Waals surface area contributed by atoms with E-state index < -0.39 is 10.0 Å². The molecular formula is C18H23N5O2S. The largest absolute Gasteiger partial charge is 0.339 e. The van der Waals surface area contributed by atoms with Crippen LogP contribution in [0.5, 0.6) is 0 Å². The number of sulfonamides is 1. The van der Waals surface area contributed by atoms with E-state index in [2.05, 4.69) is 20.4 Å². The number of hydrogen-bond acceptors (Lipinski definition) is 4. The Balaban J connectivity index is 1.47. The van der Waals surface area contributed by atoms with Crippen molar-refractivity contribution in [1.82, 2.24) is 23.2 Å². The highest BCUT2D eigenvalue weighted by Crippen LogP contribution is 2.26. The number of hydrogen-bond donors (Lipinski definition) is 0. The molecule has 3 aromatic rings. The van der Waals surface area contributed by atoms with Gasteiger partial charge in [0.05, 0.1) is 17.5 Å². The van der Waals surface area contributed by atoms with E-state index in [0.717, 1.165) is 36.9 Å². The zero-order valence-electron chi connectivity index (χ0n) is 14.8. The van der Waals surface area contributed by atoms with Crippen molar-refractivity contribution in [2.75, 3.05) is 13.1 Å². The lowest BCUT2D eigenvalue weighted by Gasteiger charge is -2.19. The van der Waals surface area contributed by atoms with Gasteiger partial charge in [0, 0.05) is 44.9 Å². The van der Waals surface area contributed by atoms with Crippen molar-refractivity contribution in [3.63, 3.8) is 0 Å². The van der Waals surface area contributed by atoms with Crippen LogP contribution in [-0.2, 0) is 23.5 Å². The summed E-state index contributed by atoms with van der Waals surface area (Å²) in [5.41, 5.74) is 2.22. The van der Waals surface area contributed by atoms with Gasteiger partial charge in [-0.05, 0) is 43.7 Å². The topological polar surface area (TPSA) is 72.5 Å². The maximum absolute atomic E-state index is 12.8. The quantitative estimate of drug-likeness (QED) is 0.702. The van der Waals surface area contributed by atoms with Crippen LogP contribution in [0.4, 0.5) is 0 Å². The van der Waals surface area contributed by atoms with Gasteiger partial charge >= 0.3 is 0 Å². The third-order valence-electron chi connectivity index (χ3n) is 5.11. The standard InChI is InChI=1S/C18H23N5O2S/c1-21-13-18(20-14-21)26(24,25)23-9-2-4-15(6-10-23)12-16-17-5-3-8-22(17)11-7-19-16/h3,5,7-8,11,13-15H,2,4,6,9-10,12H2,1H3. The predicted molar refractivity (Wildman–Crippen MR) is 98.2 cm³/mol. The molecule has 0 amide bonds. The molecule has 0 radical (unpaired) electrons. The Morgan fingerprint density at radius 3 is 2.88 bits per heavy atom. The molecule has 0 aromatic carbocycles. The summed E-state index contributed by atoms with van der Waals surface area (Å²) in [6.45, 7) is 1.09. The van der Waals surface area contributed by atoms with Crippen LogP contribution in [-0.4, -0.2) is 44.7 Å². The van der Waals surface area contributed by atoms with Crippen molar-refractivity contribution in [2.24, 2.45) is 13.0 Å². The first-order chi connectivity index (χ1) is 12.5. The van der Waals surface area contributed by atoms with Gasteiger partial charge in [0.15, 0.2) is 5.03 Å². The highest BCUT2D eigenvalue weighted by Gasteiger charge is 2.29. The Morgan fingerprint density at radius 2 is 2.08 bits per heavy atom. The Morgan fingerprint density at radius 1 is 1.19 bits per heavy atom. The molecule has 0 spiro atoms. The molecule has 1 aliphatic heterocycles. The molecule has 4 rings (SSSR count). The van der Waals surface area contributed by atoms with E-state index in [1.807, 2.05) is 24.7 Å². The van der Waals surface area contributed by atoms with Crippen LogP contribution in [0.1, 0.15) is 25.0 Å². The molecule has 26 heavy (non-hydrogen) atoms. The Labute approximate surface area is 153 Å². The monoisotopic (exact) mass is 373 g/mol. The number of aromatic nitrogens is 4. The highest BCUT2D eigenvalue weighted by molar-refractivity contribution is 7.89. The van der Waals surface area contributed by atoms with E-state index in [9.17, 15) is 8.42 Å². The van der Waals surface area contributed by atoms with Gasteiger partial charge in [-0.25, -0.2) is 13.4 Å². The maximum atomic E-state index is 12.8. The molecule has 8 heteroatoms. The van der Waals surface area contributed by atoms with E-state index in [-0.39, 0.29) is 5.03 Å². The molecule has 3 aromatic heterocycles. The summed E-state index contributed by atoms with van der Waals surface area (Å²) in [5.74, 6) is 0.438. The zero-order chi connectivity index (χ0) is 18.1. The van der Waals surface area contributed by atoms with E-state index in [4.69, 9.17) is 0 Å². The second-order valence-corrected chi connectivity index (χ2v) is 8.84. The average Bonchev–Trinajstić information content (AvgIpc) is 3.20. The molecule has 7 nitrogen and oxygen atoms in total. The second-order valence-electron chi connectivity index (χ2n) is 6.96. The molecule has 1 fully saturated rings. The number of rotatable bonds is 4. The maximum Gasteiger partial charge on any atom is 0.262 e. The van der Waals surface area contributed by atoms with Crippen molar-refractivity contribution in [2.45, 2.75) is 30.7 Å². The first kappa shape index (κ1) is 17.2. The van der Waals surface area contributed by atoms with Crippen LogP contribution >= 0.6 is 0 Å². The van der Waals surface area contributed by atoms with Crippen molar-refractivity contribution in [1.29, 1.82) is 0 Å². The Kier molecular flexibility index (Phi) is 4.54. The fourth-order valence-electron chi connectivity index (χ4n) is 3.70. The van der Waals surface area contributed by atoms with Gasteiger partial charge < -0.3 is 8.97 Å². The molecule has 0 bridgehead atoms. The SMILES string of the molecule is Cn1cnc(S(=O)(=O)N2CCCC(Cc3nccn4cccc34)CC2)c1. The minimum absolute atomic E-state index is 0.137. The fourth-order valence-corrected chi connectivity index (χ4v) is 5.16. The van der Waals surface area contributed by atoms with Crippen LogP contribution in [0.3, 0.4) is 0 Å². The molecule has 1 atom stereocenters. The van der Waals surface area contributed by atoms with E-state index in [0.29, 0.717) is 19.0 Å². The van der Waals surface area contributed by atoms with Crippen molar-refractivity contribution in [3.8, 4) is 0 Å². The van der Waals surface area contributed by atoms with Crippen LogP contribution in [0.2, 0.25) is 0 Å². The molecule has 1 aliphatic rings. The van der Waals surface area contributed by atoms with Crippen LogP contribution in [0, 0.1) is 5.92 Å². The Hall–Kier alpha value is -2.19. The molecule has 0 aliphatic carbocycles. The van der Waals surface area contributed by atoms with Gasteiger partial charge in [0.2, 0.25) is 0 Å². The minimum Gasteiger partial charge on any atom is -0.339 e. The third-order valence-corrected chi connectivity index (χ3v) is 6.89. The second kappa shape index (κ2) is 6.85. The first-order valence-electron chi connectivity index (χ1n) is 8.93. The van der Waals surface area contributed by atoms with Gasteiger partial charge in [-0.1, -0.05) is 0 Å². The van der Waals surface area contributed by atoms with Crippen LogP contribution in [0.25, 0.3) is 5.52 Å². The summed E-state index contributed by atoms with van der Waals surface area (Å²) in [7, 11) is -1.73. The number of fused-ring (bicyclic) bond motifs is 1. The number of aryl methyl sites for hydroxylation is 1. The number of nitrogens with zero attached hydrogens (tertiary/aromatic N) is 5. The molecule has 4 heterocycles. The van der Waals surface area contributed by atoms with Crippen molar-refractivity contribution >= 4 is 15.5 Å². The molecule has 0 N–H and O–H groups in total. The summed E-state index contributed by atoms with van der Waals surface area (Å²) in [5, 5.41) is 0.137. The third kappa shape index (κ3) is 3.26. The van der Waals surface area contributed by atoms with Gasteiger partial charge in [0.1, 0.15) is 0 Å². The summed E-state index contributed by atoms with van der Waals surface area (Å²) in [6, 6.07) is 4.10. The molecule has 1 saturated heterocycles. The van der Waals surface area contributed by atoms with Gasteiger partial charge in [-0.15, -0.1) is 0 Å². The summed E-state index contributed by atoms with van der Waals surface area (Å²) >= 11 is 0. The summed E-state index contributed by atoms with van der Waals surface area (Å²) < 4.78 is 30.9. The van der Waals surface area contributed by atoms with E-state index in [1.165, 1.54) is 6.33 Å². The van der Waals surface area contributed by atoms with E-state index >= 15 is 0 Å². The zero-order valence-corrected chi connectivity index (χ0v) is 15.6. The lowest BCUT2D eigenvalue weighted by Crippen LogP contribution is -2.32.